The quantitative estimate of drug-likeness (QED) is 0.174. The lowest BCUT2D eigenvalue weighted by atomic mass is 9.94. The number of anilines is 3. The predicted octanol–water partition coefficient (Wildman–Crippen LogP) is 13.1. The topological polar surface area (TPSA) is 29.3 Å². The van der Waals surface area contributed by atoms with E-state index in [0.29, 0.717) is 0 Å². The summed E-state index contributed by atoms with van der Waals surface area (Å²) < 4.78 is 6.39. The third-order valence-electron chi connectivity index (χ3n) is 9.39. The summed E-state index contributed by atoms with van der Waals surface area (Å²) in [4.78, 5) is 6.76. The van der Waals surface area contributed by atoms with Crippen LogP contribution in [-0.4, -0.2) is 4.98 Å². The Hall–Kier alpha value is -6.71. The molecule has 3 heteroatoms. The van der Waals surface area contributed by atoms with Crippen LogP contribution in [0.4, 0.5) is 17.1 Å². The Morgan fingerprint density at radius 1 is 0.380 bits per heavy atom. The van der Waals surface area contributed by atoms with E-state index in [1.54, 1.807) is 0 Å². The highest BCUT2D eigenvalue weighted by Gasteiger charge is 2.18. The number of hydrogen-bond donors (Lipinski definition) is 0. The van der Waals surface area contributed by atoms with E-state index in [2.05, 4.69) is 174 Å². The number of fused-ring (bicyclic) bond motifs is 3. The first-order valence-electron chi connectivity index (χ1n) is 16.9. The minimum Gasteiger partial charge on any atom is -0.455 e. The maximum atomic E-state index is 6.39. The highest BCUT2D eigenvalue weighted by molar-refractivity contribution is 6.09. The zero-order valence-electron chi connectivity index (χ0n) is 27.3. The molecular formula is C47H32N2O. The van der Waals surface area contributed by atoms with Gasteiger partial charge in [0.25, 0.3) is 0 Å². The van der Waals surface area contributed by atoms with Crippen LogP contribution in [0.15, 0.2) is 199 Å². The van der Waals surface area contributed by atoms with Crippen molar-refractivity contribution in [3.8, 4) is 44.5 Å². The van der Waals surface area contributed by atoms with Gasteiger partial charge in [-0.3, -0.25) is 4.98 Å². The molecule has 0 saturated carbocycles. The molecule has 0 radical (unpaired) electrons. The lowest BCUT2D eigenvalue weighted by molar-refractivity contribution is 0.670. The van der Waals surface area contributed by atoms with Gasteiger partial charge in [-0.15, -0.1) is 0 Å². The molecular weight excluding hydrogens is 609 g/mol. The first-order chi connectivity index (χ1) is 24.8. The lowest BCUT2D eigenvalue weighted by Crippen LogP contribution is -2.10. The van der Waals surface area contributed by atoms with Crippen LogP contribution in [0.2, 0.25) is 0 Å². The van der Waals surface area contributed by atoms with Gasteiger partial charge in [0.2, 0.25) is 0 Å². The van der Waals surface area contributed by atoms with Crippen molar-refractivity contribution >= 4 is 39.0 Å². The molecule has 0 fully saturated rings. The predicted molar refractivity (Wildman–Crippen MR) is 208 cm³/mol. The van der Waals surface area contributed by atoms with E-state index in [1.807, 2.05) is 30.6 Å². The summed E-state index contributed by atoms with van der Waals surface area (Å²) in [6.07, 6.45) is 3.75. The Morgan fingerprint density at radius 2 is 0.960 bits per heavy atom. The number of benzene rings is 7. The Morgan fingerprint density at radius 3 is 1.68 bits per heavy atom. The molecule has 0 amide bonds. The van der Waals surface area contributed by atoms with Gasteiger partial charge in [0, 0.05) is 51.4 Å². The zero-order chi connectivity index (χ0) is 33.3. The summed E-state index contributed by atoms with van der Waals surface area (Å²) in [5, 5.41) is 2.26. The molecule has 0 bridgehead atoms. The Kier molecular flexibility index (Phi) is 7.49. The second-order valence-corrected chi connectivity index (χ2v) is 12.4. The van der Waals surface area contributed by atoms with Crippen LogP contribution in [-0.2, 0) is 0 Å². The number of aromatic nitrogens is 1. The minimum atomic E-state index is 0.903. The van der Waals surface area contributed by atoms with E-state index < -0.39 is 0 Å². The Bertz CT molecular complexity index is 2560. The first-order valence-corrected chi connectivity index (χ1v) is 16.9. The zero-order valence-corrected chi connectivity index (χ0v) is 27.3. The Balaban J connectivity index is 1.18. The summed E-state index contributed by atoms with van der Waals surface area (Å²) in [5.74, 6) is 0. The van der Waals surface area contributed by atoms with Crippen molar-refractivity contribution in [3.63, 3.8) is 0 Å². The van der Waals surface area contributed by atoms with E-state index in [0.717, 1.165) is 72.4 Å². The van der Waals surface area contributed by atoms with Crippen LogP contribution in [0.3, 0.4) is 0 Å². The van der Waals surface area contributed by atoms with E-state index in [1.165, 1.54) is 11.1 Å². The van der Waals surface area contributed by atoms with Crippen molar-refractivity contribution < 1.29 is 4.42 Å². The van der Waals surface area contributed by atoms with Gasteiger partial charge in [0.15, 0.2) is 0 Å². The van der Waals surface area contributed by atoms with Crippen LogP contribution in [0.5, 0.6) is 0 Å². The van der Waals surface area contributed by atoms with E-state index in [4.69, 9.17) is 4.42 Å². The van der Waals surface area contributed by atoms with Crippen molar-refractivity contribution in [3.05, 3.63) is 194 Å². The van der Waals surface area contributed by atoms with Crippen LogP contribution in [0.1, 0.15) is 0 Å². The van der Waals surface area contributed by atoms with E-state index >= 15 is 0 Å². The summed E-state index contributed by atoms with van der Waals surface area (Å²) in [7, 11) is 0. The van der Waals surface area contributed by atoms with Crippen molar-refractivity contribution in [2.24, 2.45) is 0 Å². The molecule has 0 aliphatic rings. The van der Waals surface area contributed by atoms with Gasteiger partial charge in [-0.05, 0) is 81.9 Å². The number of para-hydroxylation sites is 2. The van der Waals surface area contributed by atoms with Gasteiger partial charge in [-0.1, -0.05) is 133 Å². The summed E-state index contributed by atoms with van der Waals surface area (Å²) in [5.41, 5.74) is 14.1. The van der Waals surface area contributed by atoms with Crippen LogP contribution in [0.25, 0.3) is 66.4 Å². The highest BCUT2D eigenvalue weighted by Crippen LogP contribution is 2.42. The van der Waals surface area contributed by atoms with Crippen molar-refractivity contribution in [2.45, 2.75) is 0 Å². The second kappa shape index (κ2) is 12.7. The molecule has 0 aliphatic heterocycles. The largest absolute Gasteiger partial charge is 0.455 e. The molecule has 2 aromatic heterocycles. The fourth-order valence-corrected chi connectivity index (χ4v) is 6.95. The summed E-state index contributed by atoms with van der Waals surface area (Å²) in [6, 6.07) is 64.2. The fraction of sp³-hybridized carbons (Fsp3) is 0. The molecule has 50 heavy (non-hydrogen) atoms. The van der Waals surface area contributed by atoms with Crippen LogP contribution < -0.4 is 4.90 Å². The smallest absolute Gasteiger partial charge is 0.143 e. The molecule has 0 aliphatic carbocycles. The number of furan rings is 1. The minimum absolute atomic E-state index is 0.903. The molecule has 0 N–H and O–H groups in total. The SMILES string of the molecule is c1ccc(-c2ccc(N(c3ccc(-c4cccc5c4oc4ccccc45)cc3)c3ccc(-c4cccnc4)c(-c4ccccc4)c3)cc2)cc1. The van der Waals surface area contributed by atoms with Crippen LogP contribution in [0, 0.1) is 0 Å². The number of rotatable bonds is 7. The van der Waals surface area contributed by atoms with Crippen LogP contribution >= 0.6 is 0 Å². The standard InChI is InChI=1S/C47H32N2O/c1-3-11-33(12-4-1)34-20-24-38(25-21-34)49(40-28-29-41(37-15-10-30-48-32-37)45(31-40)35-13-5-2-6-14-35)39-26-22-36(23-27-39)42-17-9-18-44-43-16-7-8-19-46(43)50-47(42)44/h1-32H. The lowest BCUT2D eigenvalue weighted by Gasteiger charge is -2.27. The maximum absolute atomic E-state index is 6.39. The molecule has 0 unspecified atom stereocenters. The molecule has 2 heterocycles. The molecule has 7 aromatic carbocycles. The van der Waals surface area contributed by atoms with E-state index in [-0.39, 0.29) is 0 Å². The average Bonchev–Trinajstić information content (AvgIpc) is 3.59. The maximum Gasteiger partial charge on any atom is 0.143 e. The molecule has 0 spiro atoms. The van der Waals surface area contributed by atoms with Gasteiger partial charge in [-0.2, -0.15) is 0 Å². The van der Waals surface area contributed by atoms with Gasteiger partial charge in [0.1, 0.15) is 11.2 Å². The monoisotopic (exact) mass is 640 g/mol. The van der Waals surface area contributed by atoms with Gasteiger partial charge < -0.3 is 9.32 Å². The molecule has 0 atom stereocenters. The fourth-order valence-electron chi connectivity index (χ4n) is 6.95. The molecule has 0 saturated heterocycles. The summed E-state index contributed by atoms with van der Waals surface area (Å²) >= 11 is 0. The van der Waals surface area contributed by atoms with Crippen molar-refractivity contribution in [1.82, 2.24) is 4.98 Å². The van der Waals surface area contributed by atoms with Gasteiger partial charge in [-0.25, -0.2) is 0 Å². The number of hydrogen-bond acceptors (Lipinski definition) is 3. The molecule has 236 valence electrons. The first kappa shape index (κ1) is 29.4. The molecule has 9 rings (SSSR count). The van der Waals surface area contributed by atoms with E-state index in [9.17, 15) is 0 Å². The van der Waals surface area contributed by atoms with Crippen molar-refractivity contribution in [2.75, 3.05) is 4.90 Å². The third kappa shape index (κ3) is 5.41. The number of nitrogens with zero attached hydrogens (tertiary/aromatic N) is 2. The Labute approximate surface area is 291 Å². The summed E-state index contributed by atoms with van der Waals surface area (Å²) in [6.45, 7) is 0. The second-order valence-electron chi connectivity index (χ2n) is 12.4. The molecule has 9 aromatic rings. The van der Waals surface area contributed by atoms with Gasteiger partial charge >= 0.3 is 0 Å². The molecule has 3 nitrogen and oxygen atoms in total. The van der Waals surface area contributed by atoms with Crippen molar-refractivity contribution in [1.29, 1.82) is 0 Å². The normalized spacial score (nSPS) is 11.2. The highest BCUT2D eigenvalue weighted by atomic mass is 16.3. The number of pyridine rings is 1. The third-order valence-corrected chi connectivity index (χ3v) is 9.39. The average molecular weight is 641 g/mol. The van der Waals surface area contributed by atoms with Gasteiger partial charge in [0.05, 0.1) is 0 Å².